The molecule has 1 aromatic rings. The molecule has 0 heterocycles. The maximum absolute atomic E-state index is 13.6. The van der Waals surface area contributed by atoms with Gasteiger partial charge >= 0.3 is 5.97 Å². The molecule has 0 saturated carbocycles. The average Bonchev–Trinajstić information content (AvgIpc) is 3.27. The zero-order chi connectivity index (χ0) is 45.0. The summed E-state index contributed by atoms with van der Waals surface area (Å²) in [4.78, 5) is 11.7. The van der Waals surface area contributed by atoms with Crippen molar-refractivity contribution in [1.82, 2.24) is 0 Å². The van der Waals surface area contributed by atoms with Crippen LogP contribution in [0.15, 0.2) is 0 Å². The molecule has 19 heteroatoms. The lowest BCUT2D eigenvalue weighted by Gasteiger charge is -2.09. The molecule has 0 amide bonds. The third-order valence-electron chi connectivity index (χ3n) is 8.57. The maximum Gasteiger partial charge on any atom is 0.313 e. The van der Waals surface area contributed by atoms with Gasteiger partial charge in [0.2, 0.25) is 34.8 Å². The fourth-order valence-corrected chi connectivity index (χ4v) is 5.21. The van der Waals surface area contributed by atoms with Gasteiger partial charge in [0.15, 0.2) is 0 Å². The lowest BCUT2D eigenvalue weighted by molar-refractivity contribution is -0.136. The van der Waals surface area contributed by atoms with E-state index in [0.717, 1.165) is 13.0 Å². The van der Waals surface area contributed by atoms with Crippen LogP contribution in [0.4, 0.5) is 22.0 Å². The summed E-state index contributed by atoms with van der Waals surface area (Å²) in [7, 11) is 0. The highest BCUT2D eigenvalue weighted by molar-refractivity contribution is 5.72. The van der Waals surface area contributed by atoms with Crippen LogP contribution >= 0.6 is 0 Å². The number of unbranched alkanes of at least 4 members (excludes halogenated alkanes) is 9. The zero-order valence-corrected chi connectivity index (χ0v) is 36.9. The third-order valence-corrected chi connectivity index (χ3v) is 8.57. The van der Waals surface area contributed by atoms with E-state index >= 15 is 0 Å². The van der Waals surface area contributed by atoms with Crippen LogP contribution in [0.3, 0.4) is 0 Å². The largest absolute Gasteiger partial charge is 0.420 e. The zero-order valence-electron chi connectivity index (χ0n) is 36.9. The third kappa shape index (κ3) is 34.3. The Morgan fingerprint density at radius 2 is 0.532 bits per heavy atom. The van der Waals surface area contributed by atoms with Crippen LogP contribution in [-0.4, -0.2) is 165 Å². The molecule has 0 spiro atoms. The fraction of sp³-hybridized carbons (Fsp3) is 0.837. The first kappa shape index (κ1) is 57.9. The summed E-state index contributed by atoms with van der Waals surface area (Å²) in [6.45, 7) is 12.2. The molecule has 1 aromatic carbocycles. The molecule has 0 N–H and O–H groups in total. The Hall–Kier alpha value is -2.14. The SMILES string of the molecule is CCCCCCCCCCCCOCCOCCOCCOCCOCCOCCOCCOCCOCCOCCOCCOCCC(=O)Oc1c(F)c(F)c(F)c(F)c1F. The van der Waals surface area contributed by atoms with Gasteiger partial charge in [-0.25, -0.2) is 13.2 Å². The Bertz CT molecular complexity index is 1150. The van der Waals surface area contributed by atoms with Gasteiger partial charge in [0.25, 0.3) is 0 Å². The van der Waals surface area contributed by atoms with E-state index in [4.69, 9.17) is 56.8 Å². The number of benzene rings is 1. The van der Waals surface area contributed by atoms with E-state index in [9.17, 15) is 26.7 Å². The minimum atomic E-state index is -2.35. The van der Waals surface area contributed by atoms with Crippen LogP contribution in [0.5, 0.6) is 5.75 Å². The summed E-state index contributed by atoms with van der Waals surface area (Å²) in [5.74, 6) is -14.1. The summed E-state index contributed by atoms with van der Waals surface area (Å²) < 4.78 is 136. The van der Waals surface area contributed by atoms with Gasteiger partial charge in [0.1, 0.15) is 0 Å². The van der Waals surface area contributed by atoms with E-state index in [1.165, 1.54) is 57.8 Å². The Morgan fingerprint density at radius 1 is 0.306 bits per heavy atom. The first-order chi connectivity index (χ1) is 30.4. The van der Waals surface area contributed by atoms with Gasteiger partial charge in [-0.1, -0.05) is 64.7 Å². The van der Waals surface area contributed by atoms with Gasteiger partial charge in [-0.3, -0.25) is 4.79 Å². The molecule has 14 nitrogen and oxygen atoms in total. The predicted molar refractivity (Wildman–Crippen MR) is 218 cm³/mol. The first-order valence-corrected chi connectivity index (χ1v) is 22.0. The molecule has 1 rings (SSSR count). The molecule has 0 aliphatic rings. The topological polar surface area (TPSA) is 137 Å². The number of carbonyl (C=O) groups is 1. The molecular formula is C43H73F5O14. The molecule has 62 heavy (non-hydrogen) atoms. The van der Waals surface area contributed by atoms with E-state index in [2.05, 4.69) is 11.7 Å². The second-order valence-corrected chi connectivity index (χ2v) is 13.7. The van der Waals surface area contributed by atoms with Crippen molar-refractivity contribution in [3.8, 4) is 5.75 Å². The normalized spacial score (nSPS) is 11.6. The van der Waals surface area contributed by atoms with E-state index in [1.807, 2.05) is 0 Å². The second-order valence-electron chi connectivity index (χ2n) is 13.7. The quantitative estimate of drug-likeness (QED) is 0.0169. The van der Waals surface area contributed by atoms with Crippen LogP contribution < -0.4 is 4.74 Å². The highest BCUT2D eigenvalue weighted by atomic mass is 19.2. The number of halogens is 5. The van der Waals surface area contributed by atoms with E-state index in [-0.39, 0.29) is 26.4 Å². The van der Waals surface area contributed by atoms with Gasteiger partial charge in [0, 0.05) is 6.61 Å². The summed E-state index contributed by atoms with van der Waals surface area (Å²) in [6, 6.07) is 0. The number of ether oxygens (including phenoxy) is 13. The van der Waals surface area contributed by atoms with Crippen molar-refractivity contribution < 1.29 is 88.3 Å². The predicted octanol–water partition coefficient (Wildman–Crippen LogP) is 6.80. The summed E-state index contributed by atoms with van der Waals surface area (Å²) in [5.41, 5.74) is 0. The van der Waals surface area contributed by atoms with Crippen molar-refractivity contribution in [3.63, 3.8) is 0 Å². The van der Waals surface area contributed by atoms with E-state index in [0.29, 0.717) is 126 Å². The molecule has 0 aromatic heterocycles. The van der Waals surface area contributed by atoms with Crippen LogP contribution in [-0.2, 0) is 61.6 Å². The highest BCUT2D eigenvalue weighted by Gasteiger charge is 2.28. The van der Waals surface area contributed by atoms with Crippen molar-refractivity contribution in [2.24, 2.45) is 0 Å². The van der Waals surface area contributed by atoms with Gasteiger partial charge in [-0.2, -0.15) is 8.78 Å². The van der Waals surface area contributed by atoms with Gasteiger partial charge < -0.3 is 61.6 Å². The smallest absolute Gasteiger partial charge is 0.313 e. The second kappa shape index (κ2) is 44.1. The average molecular weight is 909 g/mol. The van der Waals surface area contributed by atoms with Crippen molar-refractivity contribution in [2.75, 3.05) is 159 Å². The molecule has 0 radical (unpaired) electrons. The van der Waals surface area contributed by atoms with Crippen molar-refractivity contribution >= 4 is 5.97 Å². The lowest BCUT2D eigenvalue weighted by atomic mass is 10.1. The monoisotopic (exact) mass is 908 g/mol. The van der Waals surface area contributed by atoms with Gasteiger partial charge in [-0.05, 0) is 6.42 Å². The maximum atomic E-state index is 13.6. The molecule has 364 valence electrons. The van der Waals surface area contributed by atoms with Crippen LogP contribution in [0.1, 0.15) is 77.6 Å². The number of rotatable bonds is 48. The summed E-state index contributed by atoms with van der Waals surface area (Å²) in [6.07, 6.45) is 12.8. The molecule has 0 saturated heterocycles. The minimum Gasteiger partial charge on any atom is -0.420 e. The lowest BCUT2D eigenvalue weighted by Crippen LogP contribution is -2.16. The molecule has 0 unspecified atom stereocenters. The van der Waals surface area contributed by atoms with Crippen molar-refractivity contribution in [1.29, 1.82) is 0 Å². The van der Waals surface area contributed by atoms with Crippen molar-refractivity contribution in [3.05, 3.63) is 29.1 Å². The number of hydrogen-bond acceptors (Lipinski definition) is 14. The van der Waals surface area contributed by atoms with Gasteiger partial charge in [-0.15, -0.1) is 0 Å². The van der Waals surface area contributed by atoms with E-state index in [1.54, 1.807) is 0 Å². The Kier molecular flexibility index (Phi) is 41.1. The fourth-order valence-electron chi connectivity index (χ4n) is 5.21. The Labute approximate surface area is 364 Å². The van der Waals surface area contributed by atoms with Crippen LogP contribution in [0, 0.1) is 29.1 Å². The Balaban J connectivity index is 1.68. The number of esters is 1. The van der Waals surface area contributed by atoms with E-state index < -0.39 is 47.2 Å². The molecule has 0 aliphatic carbocycles. The first-order valence-electron chi connectivity index (χ1n) is 22.0. The standard InChI is InChI=1S/C43H73F5O14/c1-2-3-4-5-6-7-8-9-10-11-13-50-15-17-52-19-21-54-23-25-56-27-29-58-31-33-60-35-36-61-34-32-59-30-28-57-26-24-55-22-20-53-18-16-51-14-12-37(49)62-43-41(47)39(45)38(44)40(46)42(43)48/h2-36H2,1H3. The summed E-state index contributed by atoms with van der Waals surface area (Å²) in [5, 5.41) is 0. The number of hydrogen-bond donors (Lipinski definition) is 0. The van der Waals surface area contributed by atoms with Crippen molar-refractivity contribution in [2.45, 2.75) is 77.6 Å². The molecular weight excluding hydrogens is 835 g/mol. The van der Waals surface area contributed by atoms with Crippen LogP contribution in [0.25, 0.3) is 0 Å². The molecule has 0 atom stereocenters. The van der Waals surface area contributed by atoms with Crippen LogP contribution in [0.2, 0.25) is 0 Å². The van der Waals surface area contributed by atoms with Gasteiger partial charge in [0.05, 0.1) is 158 Å². The Morgan fingerprint density at radius 3 is 0.823 bits per heavy atom. The highest BCUT2D eigenvalue weighted by Crippen LogP contribution is 2.29. The molecule has 0 fully saturated rings. The molecule has 0 bridgehead atoms. The summed E-state index contributed by atoms with van der Waals surface area (Å²) >= 11 is 0. The number of carbonyl (C=O) groups excluding carboxylic acids is 1. The minimum absolute atomic E-state index is 0.0799. The molecule has 0 aliphatic heterocycles.